The van der Waals surface area contributed by atoms with Gasteiger partial charge in [0, 0.05) is 30.1 Å². The molecular formula is C25H21F3N3O2S3+. The molecule has 0 N–H and O–H groups in total. The minimum Gasteiger partial charge on any atom is -0.406 e. The van der Waals surface area contributed by atoms with E-state index >= 15 is 0 Å². The molecule has 5 rings (SSSR count). The fourth-order valence-electron chi connectivity index (χ4n) is 3.94. The Hall–Kier alpha value is -3.02. The van der Waals surface area contributed by atoms with E-state index in [1.165, 1.54) is 40.8 Å². The fraction of sp³-hybridized carbons (Fsp3) is 0.200. The first-order valence-electron chi connectivity index (χ1n) is 11.0. The SMILES string of the molecule is CCn1c(=O)/c(=C2\Sc3ccc(OC(F)(F)F)cc3N2C)s/c1=C\c1scc[n+]1Cc1ccccc1. The van der Waals surface area contributed by atoms with E-state index in [1.807, 2.05) is 42.8 Å². The Morgan fingerprint density at radius 1 is 1.14 bits per heavy atom. The summed E-state index contributed by atoms with van der Waals surface area (Å²) in [5.41, 5.74) is 1.63. The normalized spacial score (nSPS) is 15.5. The molecule has 1 aliphatic heterocycles. The van der Waals surface area contributed by atoms with Crippen LogP contribution in [0.2, 0.25) is 0 Å². The van der Waals surface area contributed by atoms with Crippen molar-refractivity contribution < 1.29 is 22.5 Å². The number of alkyl halides is 3. The summed E-state index contributed by atoms with van der Waals surface area (Å²) in [6.07, 6.45) is -0.716. The average molecular weight is 549 g/mol. The highest BCUT2D eigenvalue weighted by Gasteiger charge is 2.32. The average Bonchev–Trinajstić information content (AvgIpc) is 3.50. The molecule has 3 heterocycles. The second kappa shape index (κ2) is 9.79. The minimum atomic E-state index is -4.77. The standard InChI is InChI=1S/C25H21F3N3O2S3/c1-3-31-21(14-20-30(11-12-34-20)15-16-7-5-4-6-8-16)36-22(23(31)32)24-29(2)18-13-17(33-25(26,27)28)9-10-19(18)35-24/h4-14H,3,15H2,1-2H3/q+1/b24-22+. The lowest BCUT2D eigenvalue weighted by atomic mass is 10.2. The van der Waals surface area contributed by atoms with Crippen molar-refractivity contribution in [3.8, 4) is 5.75 Å². The Morgan fingerprint density at radius 3 is 2.64 bits per heavy atom. The zero-order valence-electron chi connectivity index (χ0n) is 19.3. The number of nitrogens with zero attached hydrogens (tertiary/aromatic N) is 3. The van der Waals surface area contributed by atoms with E-state index in [0.29, 0.717) is 21.8 Å². The molecule has 0 bridgehead atoms. The topological polar surface area (TPSA) is 38.4 Å². The maximum absolute atomic E-state index is 13.4. The minimum absolute atomic E-state index is 0.117. The summed E-state index contributed by atoms with van der Waals surface area (Å²) < 4.78 is 47.4. The van der Waals surface area contributed by atoms with Crippen molar-refractivity contribution in [1.29, 1.82) is 0 Å². The number of aromatic nitrogens is 2. The Bertz CT molecular complexity index is 1590. The van der Waals surface area contributed by atoms with Crippen molar-refractivity contribution >= 4 is 51.2 Å². The van der Waals surface area contributed by atoms with Crippen molar-refractivity contribution in [2.24, 2.45) is 0 Å². The third-order valence-electron chi connectivity index (χ3n) is 5.61. The summed E-state index contributed by atoms with van der Waals surface area (Å²) in [6.45, 7) is 3.15. The number of hydrogen-bond donors (Lipinski definition) is 0. The lowest BCUT2D eigenvalue weighted by Gasteiger charge is -2.14. The molecular weight excluding hydrogens is 527 g/mol. The monoisotopic (exact) mass is 548 g/mol. The van der Waals surface area contributed by atoms with Crippen LogP contribution in [0.3, 0.4) is 0 Å². The van der Waals surface area contributed by atoms with Crippen LogP contribution < -0.4 is 29.0 Å². The number of anilines is 1. The number of fused-ring (bicyclic) bond motifs is 1. The van der Waals surface area contributed by atoms with Crippen molar-refractivity contribution in [3.63, 3.8) is 0 Å². The van der Waals surface area contributed by atoms with E-state index in [2.05, 4.69) is 21.4 Å². The highest BCUT2D eigenvalue weighted by Crippen LogP contribution is 2.47. The summed E-state index contributed by atoms with van der Waals surface area (Å²) >= 11 is 4.35. The van der Waals surface area contributed by atoms with Crippen LogP contribution in [-0.2, 0) is 13.1 Å². The Balaban J connectivity index is 1.55. The highest BCUT2D eigenvalue weighted by molar-refractivity contribution is 8.08. The quantitative estimate of drug-likeness (QED) is 0.348. The molecule has 186 valence electrons. The van der Waals surface area contributed by atoms with Crippen molar-refractivity contribution in [3.05, 3.63) is 90.2 Å². The number of halogens is 3. The van der Waals surface area contributed by atoms with Crippen LogP contribution in [0.1, 0.15) is 17.5 Å². The van der Waals surface area contributed by atoms with Crippen LogP contribution in [-0.4, -0.2) is 18.0 Å². The van der Waals surface area contributed by atoms with Crippen LogP contribution in [0.15, 0.2) is 69.8 Å². The van der Waals surface area contributed by atoms with Gasteiger partial charge >= 0.3 is 6.36 Å². The van der Waals surface area contributed by atoms with E-state index in [9.17, 15) is 18.0 Å². The number of thioether (sulfide) groups is 1. The maximum atomic E-state index is 13.4. The first-order valence-corrected chi connectivity index (χ1v) is 13.5. The van der Waals surface area contributed by atoms with Gasteiger partial charge in [-0.05, 0) is 19.1 Å². The number of benzene rings is 2. The summed E-state index contributed by atoms with van der Waals surface area (Å²) in [4.78, 5) is 15.9. The Labute approximate surface area is 217 Å². The van der Waals surface area contributed by atoms with Gasteiger partial charge in [-0.3, -0.25) is 9.36 Å². The number of hydrogen-bond acceptors (Lipinski definition) is 6. The first kappa shape index (κ1) is 24.7. The van der Waals surface area contributed by atoms with Gasteiger partial charge in [0.05, 0.1) is 17.1 Å². The van der Waals surface area contributed by atoms with Gasteiger partial charge in [-0.25, -0.2) is 0 Å². The van der Waals surface area contributed by atoms with E-state index in [0.717, 1.165) is 21.1 Å². The molecule has 0 saturated heterocycles. The largest absolute Gasteiger partial charge is 0.573 e. The predicted octanol–water partition coefficient (Wildman–Crippen LogP) is 4.36. The zero-order valence-corrected chi connectivity index (χ0v) is 21.7. The second-order valence-corrected chi connectivity index (χ2v) is 10.9. The lowest BCUT2D eigenvalue weighted by molar-refractivity contribution is -0.685. The van der Waals surface area contributed by atoms with Gasteiger partial charge in [0.2, 0.25) is 0 Å². The van der Waals surface area contributed by atoms with Crippen LogP contribution >= 0.6 is 34.4 Å². The summed E-state index contributed by atoms with van der Waals surface area (Å²) in [5.74, 6) is -0.290. The third kappa shape index (κ3) is 4.95. The molecule has 2 aromatic carbocycles. The van der Waals surface area contributed by atoms with Gasteiger partial charge in [0.25, 0.3) is 10.6 Å². The van der Waals surface area contributed by atoms with Crippen molar-refractivity contribution in [2.45, 2.75) is 31.3 Å². The molecule has 0 amide bonds. The molecule has 5 nitrogen and oxygen atoms in total. The molecule has 4 aromatic rings. The van der Waals surface area contributed by atoms with E-state index in [1.54, 1.807) is 33.9 Å². The lowest BCUT2D eigenvalue weighted by Crippen LogP contribution is -2.36. The van der Waals surface area contributed by atoms with Crippen molar-refractivity contribution in [2.75, 3.05) is 11.9 Å². The molecule has 0 aliphatic carbocycles. The molecule has 1 aliphatic rings. The predicted molar refractivity (Wildman–Crippen MR) is 138 cm³/mol. The molecule has 0 fully saturated rings. The number of rotatable bonds is 5. The molecule has 0 saturated carbocycles. The number of ether oxygens (including phenoxy) is 1. The Morgan fingerprint density at radius 2 is 1.92 bits per heavy atom. The smallest absolute Gasteiger partial charge is 0.406 e. The van der Waals surface area contributed by atoms with Crippen LogP contribution in [0.5, 0.6) is 5.75 Å². The summed E-state index contributed by atoms with van der Waals surface area (Å²) in [5, 5.41) is 3.72. The van der Waals surface area contributed by atoms with E-state index in [4.69, 9.17) is 0 Å². The van der Waals surface area contributed by atoms with Crippen LogP contribution in [0.25, 0.3) is 11.1 Å². The van der Waals surface area contributed by atoms with Gasteiger partial charge in [-0.1, -0.05) is 53.4 Å². The molecule has 0 atom stereocenters. The number of thiazole rings is 2. The molecule has 0 unspecified atom stereocenters. The fourth-order valence-corrected chi connectivity index (χ4v) is 7.24. The maximum Gasteiger partial charge on any atom is 0.573 e. The highest BCUT2D eigenvalue weighted by atomic mass is 32.2. The first-order chi connectivity index (χ1) is 17.2. The summed E-state index contributed by atoms with van der Waals surface area (Å²) in [7, 11) is 1.75. The molecule has 0 spiro atoms. The molecule has 36 heavy (non-hydrogen) atoms. The van der Waals surface area contributed by atoms with Gasteiger partial charge in [-0.15, -0.1) is 24.5 Å². The second-order valence-electron chi connectivity index (χ2n) is 7.96. The Kier molecular flexibility index (Phi) is 6.71. The van der Waals surface area contributed by atoms with E-state index < -0.39 is 6.36 Å². The molecule has 0 radical (unpaired) electrons. The molecule has 2 aromatic heterocycles. The van der Waals surface area contributed by atoms with E-state index in [-0.39, 0.29) is 11.3 Å². The van der Waals surface area contributed by atoms with Crippen LogP contribution in [0.4, 0.5) is 18.9 Å². The molecule has 11 heteroatoms. The van der Waals surface area contributed by atoms with Crippen LogP contribution in [0, 0.1) is 0 Å². The van der Waals surface area contributed by atoms with Gasteiger partial charge in [-0.2, -0.15) is 4.57 Å². The third-order valence-corrected chi connectivity index (χ3v) is 8.95. The van der Waals surface area contributed by atoms with Gasteiger partial charge in [0.15, 0.2) is 12.7 Å². The van der Waals surface area contributed by atoms with Gasteiger partial charge in [0.1, 0.15) is 20.0 Å². The van der Waals surface area contributed by atoms with Crippen molar-refractivity contribution in [1.82, 2.24) is 4.57 Å². The summed E-state index contributed by atoms with van der Waals surface area (Å²) in [6, 6.07) is 14.4. The zero-order chi connectivity index (χ0) is 25.4. The van der Waals surface area contributed by atoms with Gasteiger partial charge < -0.3 is 9.64 Å².